The lowest BCUT2D eigenvalue weighted by Crippen LogP contribution is -2.40. The third-order valence-corrected chi connectivity index (χ3v) is 6.36. The first kappa shape index (κ1) is 13.4. The van der Waals surface area contributed by atoms with Gasteiger partial charge >= 0.3 is 5.97 Å². The molecule has 0 aromatic heterocycles. The molecule has 0 aromatic carbocycles. The van der Waals surface area contributed by atoms with Gasteiger partial charge in [0.1, 0.15) is 0 Å². The lowest BCUT2D eigenvalue weighted by atomic mass is 9.91. The van der Waals surface area contributed by atoms with E-state index in [1.165, 1.54) is 0 Å². The van der Waals surface area contributed by atoms with Crippen LogP contribution in [0.25, 0.3) is 0 Å². The molecule has 0 amide bonds. The van der Waals surface area contributed by atoms with Gasteiger partial charge in [-0.05, 0) is 39.7 Å². The Morgan fingerprint density at radius 1 is 1.50 bits per heavy atom. The molecule has 0 saturated carbocycles. The van der Waals surface area contributed by atoms with E-state index in [0.717, 1.165) is 0 Å². The Bertz CT molecular complexity index is 374. The number of esters is 1. The summed E-state index contributed by atoms with van der Waals surface area (Å²) in [5.41, 5.74) is 5.55. The normalized spacial score (nSPS) is 31.2. The van der Waals surface area contributed by atoms with Gasteiger partial charge in [-0.3, -0.25) is 4.79 Å². The Morgan fingerprint density at radius 2 is 2.06 bits per heavy atom. The van der Waals surface area contributed by atoms with E-state index in [2.05, 4.69) is 0 Å². The molecular weight excluding hydrogens is 230 g/mol. The highest BCUT2D eigenvalue weighted by molar-refractivity contribution is 7.94. The molecule has 1 aliphatic heterocycles. The van der Waals surface area contributed by atoms with E-state index in [9.17, 15) is 13.2 Å². The van der Waals surface area contributed by atoms with Gasteiger partial charge in [0.15, 0.2) is 15.1 Å². The standard InChI is InChI=1S/C10H19NO4S/c1-4-15-9(12)8-5-7(6-11)10(2,3)16(8,13)14/h7-8H,4-6,11H2,1-3H3. The van der Waals surface area contributed by atoms with E-state index < -0.39 is 25.8 Å². The SMILES string of the molecule is CCOC(=O)C1CC(CN)C(C)(C)S1(=O)=O. The molecule has 0 bridgehead atoms. The number of carbonyl (C=O) groups is 1. The molecule has 0 aromatic rings. The highest BCUT2D eigenvalue weighted by atomic mass is 32.2. The van der Waals surface area contributed by atoms with Gasteiger partial charge < -0.3 is 10.5 Å². The molecule has 0 radical (unpaired) electrons. The van der Waals surface area contributed by atoms with Crippen LogP contribution < -0.4 is 5.73 Å². The minimum absolute atomic E-state index is 0.188. The van der Waals surface area contributed by atoms with Crippen molar-refractivity contribution >= 4 is 15.8 Å². The van der Waals surface area contributed by atoms with E-state index in [1.54, 1.807) is 20.8 Å². The van der Waals surface area contributed by atoms with Crippen molar-refractivity contribution in [2.75, 3.05) is 13.2 Å². The molecule has 1 aliphatic rings. The van der Waals surface area contributed by atoms with Crippen LogP contribution in [-0.4, -0.2) is 37.5 Å². The third kappa shape index (κ3) is 1.84. The second-order valence-electron chi connectivity index (χ2n) is 4.56. The van der Waals surface area contributed by atoms with E-state index in [0.29, 0.717) is 0 Å². The highest BCUT2D eigenvalue weighted by Crippen LogP contribution is 2.41. The second-order valence-corrected chi connectivity index (χ2v) is 7.27. The summed E-state index contributed by atoms with van der Waals surface area (Å²) in [5.74, 6) is -0.835. The van der Waals surface area contributed by atoms with Crippen molar-refractivity contribution in [2.24, 2.45) is 11.7 Å². The first-order valence-corrected chi connectivity index (χ1v) is 6.93. The molecule has 94 valence electrons. The number of ether oxygens (including phenoxy) is 1. The van der Waals surface area contributed by atoms with Crippen LogP contribution in [0.3, 0.4) is 0 Å². The number of hydrogen-bond donors (Lipinski definition) is 1. The Hall–Kier alpha value is -0.620. The maximum Gasteiger partial charge on any atom is 0.324 e. The number of rotatable bonds is 3. The predicted molar refractivity (Wildman–Crippen MR) is 60.6 cm³/mol. The van der Waals surface area contributed by atoms with Crippen LogP contribution in [0.5, 0.6) is 0 Å². The van der Waals surface area contributed by atoms with Crippen molar-refractivity contribution in [3.8, 4) is 0 Å². The van der Waals surface area contributed by atoms with Crippen molar-refractivity contribution in [1.29, 1.82) is 0 Å². The first-order valence-electron chi connectivity index (χ1n) is 5.39. The van der Waals surface area contributed by atoms with Crippen molar-refractivity contribution < 1.29 is 17.9 Å². The van der Waals surface area contributed by atoms with Crippen molar-refractivity contribution in [2.45, 2.75) is 37.2 Å². The van der Waals surface area contributed by atoms with Crippen LogP contribution in [0.4, 0.5) is 0 Å². The molecule has 16 heavy (non-hydrogen) atoms. The molecule has 1 saturated heterocycles. The third-order valence-electron chi connectivity index (χ3n) is 3.42. The second kappa shape index (κ2) is 4.33. The van der Waals surface area contributed by atoms with Crippen LogP contribution in [-0.2, 0) is 19.4 Å². The molecule has 2 atom stereocenters. The highest BCUT2D eigenvalue weighted by Gasteiger charge is 2.56. The number of hydrogen-bond acceptors (Lipinski definition) is 5. The molecule has 1 rings (SSSR count). The fraction of sp³-hybridized carbons (Fsp3) is 0.900. The Balaban J connectivity index is 3.05. The maximum absolute atomic E-state index is 12.1. The zero-order valence-corrected chi connectivity index (χ0v) is 10.7. The molecule has 1 heterocycles. The summed E-state index contributed by atoms with van der Waals surface area (Å²) < 4.78 is 28.1. The summed E-state index contributed by atoms with van der Waals surface area (Å²) in [6.07, 6.45) is 0.269. The molecule has 2 N–H and O–H groups in total. The van der Waals surface area contributed by atoms with Crippen LogP contribution in [0.2, 0.25) is 0 Å². The van der Waals surface area contributed by atoms with Gasteiger partial charge in [0.05, 0.1) is 11.4 Å². The van der Waals surface area contributed by atoms with Crippen molar-refractivity contribution in [1.82, 2.24) is 0 Å². The topological polar surface area (TPSA) is 86.5 Å². The summed E-state index contributed by atoms with van der Waals surface area (Å²) in [5, 5.41) is -1.05. The number of carbonyl (C=O) groups excluding carboxylic acids is 1. The minimum atomic E-state index is -3.50. The van der Waals surface area contributed by atoms with E-state index in [1.807, 2.05) is 0 Å². The molecular formula is C10H19NO4S. The maximum atomic E-state index is 12.1. The zero-order chi connectivity index (χ0) is 12.6. The quantitative estimate of drug-likeness (QED) is 0.716. The monoisotopic (exact) mass is 249 g/mol. The molecule has 0 aliphatic carbocycles. The number of sulfone groups is 1. The van der Waals surface area contributed by atoms with Gasteiger partial charge in [-0.2, -0.15) is 0 Å². The Kier molecular flexibility index (Phi) is 3.64. The zero-order valence-electron chi connectivity index (χ0n) is 9.89. The lowest BCUT2D eigenvalue weighted by molar-refractivity contribution is -0.142. The molecule has 2 unspecified atom stereocenters. The van der Waals surface area contributed by atoms with Crippen molar-refractivity contribution in [3.05, 3.63) is 0 Å². The predicted octanol–water partition coefficient (Wildman–Crippen LogP) is 0.0901. The van der Waals surface area contributed by atoms with Gasteiger partial charge in [-0.1, -0.05) is 0 Å². The average Bonchev–Trinajstić information content (AvgIpc) is 2.35. The van der Waals surface area contributed by atoms with Crippen LogP contribution in [0.15, 0.2) is 0 Å². The summed E-state index contributed by atoms with van der Waals surface area (Å²) in [6.45, 7) is 5.36. The largest absolute Gasteiger partial charge is 0.465 e. The van der Waals surface area contributed by atoms with E-state index in [4.69, 9.17) is 10.5 Å². The van der Waals surface area contributed by atoms with Crippen LogP contribution >= 0.6 is 0 Å². The van der Waals surface area contributed by atoms with Gasteiger partial charge in [-0.15, -0.1) is 0 Å². The fourth-order valence-corrected chi connectivity index (χ4v) is 4.30. The number of nitrogens with two attached hydrogens (primary N) is 1. The van der Waals surface area contributed by atoms with Crippen molar-refractivity contribution in [3.63, 3.8) is 0 Å². The molecule has 1 fully saturated rings. The van der Waals surface area contributed by atoms with Gasteiger partial charge in [0.25, 0.3) is 0 Å². The molecule has 5 nitrogen and oxygen atoms in total. The van der Waals surface area contributed by atoms with E-state index >= 15 is 0 Å². The summed E-state index contributed by atoms with van der Waals surface area (Å²) in [4.78, 5) is 11.6. The fourth-order valence-electron chi connectivity index (χ4n) is 2.11. The summed E-state index contributed by atoms with van der Waals surface area (Å²) in [6, 6.07) is 0. The van der Waals surface area contributed by atoms with Crippen LogP contribution in [0, 0.1) is 5.92 Å². The average molecular weight is 249 g/mol. The summed E-state index contributed by atoms with van der Waals surface area (Å²) in [7, 11) is -3.50. The van der Waals surface area contributed by atoms with Crippen LogP contribution in [0.1, 0.15) is 27.2 Å². The smallest absolute Gasteiger partial charge is 0.324 e. The minimum Gasteiger partial charge on any atom is -0.465 e. The molecule has 0 spiro atoms. The molecule has 6 heteroatoms. The lowest BCUT2D eigenvalue weighted by Gasteiger charge is -2.24. The van der Waals surface area contributed by atoms with Gasteiger partial charge in [0, 0.05) is 0 Å². The van der Waals surface area contributed by atoms with Gasteiger partial charge in [-0.25, -0.2) is 8.42 Å². The van der Waals surface area contributed by atoms with E-state index in [-0.39, 0.29) is 25.5 Å². The summed E-state index contributed by atoms with van der Waals surface area (Å²) >= 11 is 0. The Morgan fingerprint density at radius 3 is 2.44 bits per heavy atom. The Labute approximate surface area is 96.3 Å². The van der Waals surface area contributed by atoms with Gasteiger partial charge in [0.2, 0.25) is 0 Å². The first-order chi connectivity index (χ1) is 7.29.